The van der Waals surface area contributed by atoms with Crippen LogP contribution in [0.15, 0.2) is 30.3 Å². The number of hydrogen-bond donors (Lipinski definition) is 1. The van der Waals surface area contributed by atoms with Crippen molar-refractivity contribution in [3.8, 4) is 0 Å². The molecular weight excluding hydrogens is 214 g/mol. The number of benzene rings is 1. The zero-order chi connectivity index (χ0) is 11.8. The molecule has 1 aromatic rings. The van der Waals surface area contributed by atoms with Crippen molar-refractivity contribution in [2.24, 2.45) is 0 Å². The summed E-state index contributed by atoms with van der Waals surface area (Å²) in [5, 5.41) is 4.18. The normalized spacial score (nSPS) is 14.7. The second kappa shape index (κ2) is 7.75. The third-order valence-electron chi connectivity index (χ3n) is 2.89. The number of nitrogens with one attached hydrogen (secondary N) is 1. The van der Waals surface area contributed by atoms with E-state index in [4.69, 9.17) is 0 Å². The Morgan fingerprint density at radius 2 is 1.94 bits per heavy atom. The Labute approximate surface area is 104 Å². The molecule has 2 unspecified atom stereocenters. The van der Waals surface area contributed by atoms with Gasteiger partial charge in [-0.15, -0.1) is 0 Å². The van der Waals surface area contributed by atoms with E-state index in [9.17, 15) is 0 Å². The average Bonchev–Trinajstić information content (AvgIpc) is 2.35. The van der Waals surface area contributed by atoms with Crippen LogP contribution in [0.25, 0.3) is 0 Å². The fourth-order valence-corrected chi connectivity index (χ4v) is 2.62. The van der Waals surface area contributed by atoms with Gasteiger partial charge in [-0.1, -0.05) is 44.2 Å². The van der Waals surface area contributed by atoms with E-state index in [1.165, 1.54) is 17.7 Å². The molecular formula is C14H23NS. The largest absolute Gasteiger partial charge is 0.316 e. The summed E-state index contributed by atoms with van der Waals surface area (Å²) in [7, 11) is 2.06. The van der Waals surface area contributed by atoms with Crippen LogP contribution >= 0.6 is 11.8 Å². The predicted octanol–water partition coefficient (Wildman–Crippen LogP) is 3.35. The molecule has 90 valence electrons. The molecule has 0 aromatic heterocycles. The summed E-state index contributed by atoms with van der Waals surface area (Å²) in [6, 6.07) is 11.3. The molecule has 2 heteroatoms. The van der Waals surface area contributed by atoms with Crippen LogP contribution in [0.1, 0.15) is 25.8 Å². The van der Waals surface area contributed by atoms with E-state index in [0.717, 1.165) is 11.7 Å². The van der Waals surface area contributed by atoms with E-state index in [1.807, 2.05) is 0 Å². The zero-order valence-electron chi connectivity index (χ0n) is 10.6. The number of hydrogen-bond acceptors (Lipinski definition) is 2. The van der Waals surface area contributed by atoms with Gasteiger partial charge in [-0.2, -0.15) is 11.8 Å². The third kappa shape index (κ3) is 5.04. The standard InChI is InChI=1S/C14H23NS/c1-4-12(2)16-11-14(15-3)10-13-8-6-5-7-9-13/h5-9,12,14-15H,4,10-11H2,1-3H3. The first-order chi connectivity index (χ1) is 7.76. The molecule has 1 aromatic carbocycles. The van der Waals surface area contributed by atoms with Gasteiger partial charge in [0.05, 0.1) is 0 Å². The van der Waals surface area contributed by atoms with Crippen LogP contribution in [0.5, 0.6) is 0 Å². The lowest BCUT2D eigenvalue weighted by Gasteiger charge is -2.18. The van der Waals surface area contributed by atoms with Crippen molar-refractivity contribution in [3.05, 3.63) is 35.9 Å². The van der Waals surface area contributed by atoms with Crippen LogP contribution in [-0.2, 0) is 6.42 Å². The Bertz CT molecular complexity index is 273. The molecule has 1 nitrogen and oxygen atoms in total. The summed E-state index contributed by atoms with van der Waals surface area (Å²) in [5.74, 6) is 1.19. The summed E-state index contributed by atoms with van der Waals surface area (Å²) in [6.45, 7) is 4.56. The summed E-state index contributed by atoms with van der Waals surface area (Å²) in [4.78, 5) is 0. The minimum atomic E-state index is 0.585. The van der Waals surface area contributed by atoms with Crippen molar-refractivity contribution in [1.29, 1.82) is 0 Å². The van der Waals surface area contributed by atoms with Crippen LogP contribution in [0.4, 0.5) is 0 Å². The van der Waals surface area contributed by atoms with Crippen LogP contribution in [-0.4, -0.2) is 24.1 Å². The van der Waals surface area contributed by atoms with E-state index < -0.39 is 0 Å². The molecule has 0 heterocycles. The lowest BCUT2D eigenvalue weighted by atomic mass is 10.1. The van der Waals surface area contributed by atoms with Crippen molar-refractivity contribution >= 4 is 11.8 Å². The fraction of sp³-hybridized carbons (Fsp3) is 0.571. The maximum Gasteiger partial charge on any atom is 0.0195 e. The Hall–Kier alpha value is -0.470. The van der Waals surface area contributed by atoms with Gasteiger partial charge in [0.1, 0.15) is 0 Å². The molecule has 0 radical (unpaired) electrons. The maximum absolute atomic E-state index is 3.41. The predicted molar refractivity (Wildman–Crippen MR) is 75.2 cm³/mol. The van der Waals surface area contributed by atoms with Crippen LogP contribution < -0.4 is 5.32 Å². The van der Waals surface area contributed by atoms with Crippen LogP contribution in [0.2, 0.25) is 0 Å². The monoisotopic (exact) mass is 237 g/mol. The summed E-state index contributed by atoms with van der Waals surface area (Å²) in [5.41, 5.74) is 1.42. The Balaban J connectivity index is 2.37. The summed E-state index contributed by atoms with van der Waals surface area (Å²) in [6.07, 6.45) is 2.38. The Morgan fingerprint density at radius 3 is 2.50 bits per heavy atom. The molecule has 0 aliphatic heterocycles. The van der Waals surface area contributed by atoms with Gasteiger partial charge in [-0.3, -0.25) is 0 Å². The number of likely N-dealkylation sites (N-methyl/N-ethyl adjacent to an activating group) is 1. The first-order valence-electron chi connectivity index (χ1n) is 6.09. The molecule has 1 N–H and O–H groups in total. The molecule has 0 aliphatic rings. The maximum atomic E-state index is 3.41. The van der Waals surface area contributed by atoms with Crippen molar-refractivity contribution in [3.63, 3.8) is 0 Å². The van der Waals surface area contributed by atoms with Gasteiger partial charge < -0.3 is 5.32 Å². The highest BCUT2D eigenvalue weighted by Crippen LogP contribution is 2.16. The smallest absolute Gasteiger partial charge is 0.0195 e. The average molecular weight is 237 g/mol. The van der Waals surface area contributed by atoms with Crippen molar-refractivity contribution < 1.29 is 0 Å². The molecule has 0 aliphatic carbocycles. The van der Waals surface area contributed by atoms with Gasteiger partial charge in [-0.05, 0) is 25.5 Å². The topological polar surface area (TPSA) is 12.0 Å². The number of rotatable bonds is 7. The molecule has 0 amide bonds. The van der Waals surface area contributed by atoms with Gasteiger partial charge in [0.15, 0.2) is 0 Å². The molecule has 2 atom stereocenters. The molecule has 0 fully saturated rings. The molecule has 0 spiro atoms. The molecule has 0 saturated heterocycles. The van der Waals surface area contributed by atoms with Crippen LogP contribution in [0, 0.1) is 0 Å². The van der Waals surface area contributed by atoms with Crippen molar-refractivity contribution in [1.82, 2.24) is 5.32 Å². The highest BCUT2D eigenvalue weighted by molar-refractivity contribution is 7.99. The lowest BCUT2D eigenvalue weighted by Crippen LogP contribution is -2.30. The first-order valence-corrected chi connectivity index (χ1v) is 7.14. The zero-order valence-corrected chi connectivity index (χ0v) is 11.4. The highest BCUT2D eigenvalue weighted by Gasteiger charge is 2.09. The Morgan fingerprint density at radius 1 is 1.25 bits per heavy atom. The van der Waals surface area contributed by atoms with Gasteiger partial charge >= 0.3 is 0 Å². The summed E-state index contributed by atoms with van der Waals surface area (Å²) >= 11 is 2.07. The SMILES string of the molecule is CCC(C)SCC(Cc1ccccc1)NC. The van der Waals surface area contributed by atoms with Crippen molar-refractivity contribution in [2.45, 2.75) is 38.0 Å². The van der Waals surface area contributed by atoms with Gasteiger partial charge in [0.2, 0.25) is 0 Å². The lowest BCUT2D eigenvalue weighted by molar-refractivity contribution is 0.616. The van der Waals surface area contributed by atoms with Gasteiger partial charge in [0.25, 0.3) is 0 Å². The second-order valence-electron chi connectivity index (χ2n) is 4.23. The van der Waals surface area contributed by atoms with Gasteiger partial charge in [0, 0.05) is 17.0 Å². The van der Waals surface area contributed by atoms with Crippen molar-refractivity contribution in [2.75, 3.05) is 12.8 Å². The highest BCUT2D eigenvalue weighted by atomic mass is 32.2. The molecule has 0 bridgehead atoms. The minimum absolute atomic E-state index is 0.585. The third-order valence-corrected chi connectivity index (χ3v) is 4.39. The van der Waals surface area contributed by atoms with E-state index in [2.05, 4.69) is 68.3 Å². The van der Waals surface area contributed by atoms with E-state index in [-0.39, 0.29) is 0 Å². The van der Waals surface area contributed by atoms with E-state index in [1.54, 1.807) is 0 Å². The van der Waals surface area contributed by atoms with Crippen LogP contribution in [0.3, 0.4) is 0 Å². The molecule has 0 saturated carbocycles. The minimum Gasteiger partial charge on any atom is -0.316 e. The molecule has 16 heavy (non-hydrogen) atoms. The molecule has 1 rings (SSSR count). The van der Waals surface area contributed by atoms with E-state index >= 15 is 0 Å². The quantitative estimate of drug-likeness (QED) is 0.780. The number of thioether (sulfide) groups is 1. The second-order valence-corrected chi connectivity index (χ2v) is 5.70. The summed E-state index contributed by atoms with van der Waals surface area (Å²) < 4.78 is 0. The Kier molecular flexibility index (Phi) is 6.58. The van der Waals surface area contributed by atoms with E-state index in [0.29, 0.717) is 6.04 Å². The fourth-order valence-electron chi connectivity index (χ4n) is 1.54. The van der Waals surface area contributed by atoms with Gasteiger partial charge in [-0.25, -0.2) is 0 Å². The first kappa shape index (κ1) is 13.6.